The van der Waals surface area contributed by atoms with E-state index in [1.807, 2.05) is 19.2 Å². The van der Waals surface area contributed by atoms with Gasteiger partial charge in [0.2, 0.25) is 5.91 Å². The molecule has 1 aromatic rings. The van der Waals surface area contributed by atoms with Gasteiger partial charge in [0, 0.05) is 26.1 Å². The van der Waals surface area contributed by atoms with Gasteiger partial charge in [-0.2, -0.15) is 0 Å². The van der Waals surface area contributed by atoms with Gasteiger partial charge in [0.1, 0.15) is 5.75 Å². The van der Waals surface area contributed by atoms with Gasteiger partial charge in [-0.3, -0.25) is 4.79 Å². The maximum Gasteiger partial charge on any atom is 0.224 e. The van der Waals surface area contributed by atoms with Gasteiger partial charge >= 0.3 is 0 Å². The molecular formula is C14H20N2O2. The Bertz CT molecular complexity index is 397. The van der Waals surface area contributed by atoms with Gasteiger partial charge in [-0.05, 0) is 37.1 Å². The lowest BCUT2D eigenvalue weighted by Gasteiger charge is -2.19. The highest BCUT2D eigenvalue weighted by molar-refractivity contribution is 5.76. The lowest BCUT2D eigenvalue weighted by molar-refractivity contribution is -0.130. The van der Waals surface area contributed by atoms with Crippen LogP contribution in [-0.4, -0.2) is 35.5 Å². The van der Waals surface area contributed by atoms with Crippen molar-refractivity contribution in [2.45, 2.75) is 31.8 Å². The van der Waals surface area contributed by atoms with Gasteiger partial charge in [-0.1, -0.05) is 12.1 Å². The molecule has 0 bridgehead atoms. The third kappa shape index (κ3) is 3.47. The molecule has 1 aliphatic heterocycles. The average Bonchev–Trinajstić information content (AvgIpc) is 2.85. The van der Waals surface area contributed by atoms with Crippen LogP contribution >= 0.6 is 0 Å². The summed E-state index contributed by atoms with van der Waals surface area (Å²) < 4.78 is 0. The number of nitrogens with one attached hydrogen (secondary N) is 1. The molecule has 0 radical (unpaired) electrons. The Balaban J connectivity index is 1.84. The summed E-state index contributed by atoms with van der Waals surface area (Å²) in [5.74, 6) is 0.422. The molecule has 1 saturated heterocycles. The van der Waals surface area contributed by atoms with Crippen LogP contribution in [0.15, 0.2) is 24.3 Å². The number of amides is 1. The van der Waals surface area contributed by atoms with Crippen molar-refractivity contribution in [3.05, 3.63) is 29.8 Å². The van der Waals surface area contributed by atoms with Crippen LogP contribution in [0.5, 0.6) is 5.75 Å². The first kappa shape index (κ1) is 12.9. The molecule has 0 saturated carbocycles. The van der Waals surface area contributed by atoms with Gasteiger partial charge in [-0.25, -0.2) is 0 Å². The summed E-state index contributed by atoms with van der Waals surface area (Å²) in [7, 11) is 1.82. The van der Waals surface area contributed by atoms with Crippen LogP contribution in [0.2, 0.25) is 0 Å². The van der Waals surface area contributed by atoms with E-state index < -0.39 is 0 Å². The van der Waals surface area contributed by atoms with Crippen molar-refractivity contribution in [3.8, 4) is 5.75 Å². The lowest BCUT2D eigenvalue weighted by atomic mass is 10.1. The maximum atomic E-state index is 12.0. The fourth-order valence-corrected chi connectivity index (χ4v) is 2.26. The topological polar surface area (TPSA) is 52.6 Å². The van der Waals surface area contributed by atoms with E-state index in [-0.39, 0.29) is 11.7 Å². The summed E-state index contributed by atoms with van der Waals surface area (Å²) in [6, 6.07) is 7.32. The van der Waals surface area contributed by atoms with Crippen molar-refractivity contribution in [2.24, 2.45) is 0 Å². The van der Waals surface area contributed by atoms with E-state index >= 15 is 0 Å². The quantitative estimate of drug-likeness (QED) is 0.849. The van der Waals surface area contributed by atoms with Crippen molar-refractivity contribution < 1.29 is 9.90 Å². The molecule has 1 heterocycles. The van der Waals surface area contributed by atoms with Gasteiger partial charge in [0.25, 0.3) is 0 Å². The van der Waals surface area contributed by atoms with Crippen LogP contribution in [0.4, 0.5) is 0 Å². The molecule has 1 aromatic carbocycles. The third-order valence-electron chi connectivity index (χ3n) is 3.37. The first-order chi connectivity index (χ1) is 8.65. The third-order valence-corrected chi connectivity index (χ3v) is 3.37. The van der Waals surface area contributed by atoms with Crippen LogP contribution in [0.1, 0.15) is 24.8 Å². The number of phenols is 1. The highest BCUT2D eigenvalue weighted by atomic mass is 16.3. The molecule has 18 heavy (non-hydrogen) atoms. The van der Waals surface area contributed by atoms with E-state index in [1.54, 1.807) is 17.0 Å². The second kappa shape index (κ2) is 5.87. The molecule has 0 aromatic heterocycles. The average molecular weight is 248 g/mol. The summed E-state index contributed by atoms with van der Waals surface area (Å²) in [5, 5.41) is 12.5. The van der Waals surface area contributed by atoms with Crippen molar-refractivity contribution in [1.29, 1.82) is 0 Å². The number of rotatable bonds is 4. The Labute approximate surface area is 108 Å². The number of benzene rings is 1. The highest BCUT2D eigenvalue weighted by Gasteiger charge is 2.19. The molecule has 1 atom stereocenters. The predicted molar refractivity (Wildman–Crippen MR) is 70.2 cm³/mol. The van der Waals surface area contributed by atoms with Gasteiger partial charge in [0.15, 0.2) is 0 Å². The number of nitrogens with zero attached hydrogens (tertiary/aromatic N) is 1. The molecule has 1 fully saturated rings. The minimum absolute atomic E-state index is 0.169. The molecular weight excluding hydrogens is 228 g/mol. The number of phenolic OH excluding ortho intramolecular Hbond substituents is 1. The monoisotopic (exact) mass is 248 g/mol. The first-order valence-corrected chi connectivity index (χ1v) is 6.40. The van der Waals surface area contributed by atoms with E-state index in [1.165, 1.54) is 6.42 Å². The molecule has 0 spiro atoms. The van der Waals surface area contributed by atoms with Crippen LogP contribution in [-0.2, 0) is 11.3 Å². The number of carbonyl (C=O) groups is 1. The minimum atomic E-state index is 0.169. The van der Waals surface area contributed by atoms with Crippen LogP contribution in [0.25, 0.3) is 0 Å². The predicted octanol–water partition coefficient (Wildman–Crippen LogP) is 1.49. The lowest BCUT2D eigenvalue weighted by Crippen LogP contribution is -2.33. The van der Waals surface area contributed by atoms with E-state index in [0.29, 0.717) is 19.0 Å². The Morgan fingerprint density at radius 3 is 2.78 bits per heavy atom. The van der Waals surface area contributed by atoms with Crippen molar-refractivity contribution in [3.63, 3.8) is 0 Å². The molecule has 2 N–H and O–H groups in total. The molecule has 1 amide bonds. The fraction of sp³-hybridized carbons (Fsp3) is 0.500. The fourth-order valence-electron chi connectivity index (χ4n) is 2.26. The SMILES string of the molecule is CN(Cc1ccc(O)cc1)C(=O)CC1CCCN1. The molecule has 1 unspecified atom stereocenters. The Hall–Kier alpha value is -1.55. The summed E-state index contributed by atoms with van der Waals surface area (Å²) in [5.41, 5.74) is 1.03. The van der Waals surface area contributed by atoms with Gasteiger partial charge < -0.3 is 15.3 Å². The number of carbonyl (C=O) groups excluding carboxylic acids is 1. The van der Waals surface area contributed by atoms with Crippen LogP contribution < -0.4 is 5.32 Å². The normalized spacial score (nSPS) is 18.8. The second-order valence-corrected chi connectivity index (χ2v) is 4.91. The summed E-state index contributed by atoms with van der Waals surface area (Å²) in [6.45, 7) is 1.62. The number of hydrogen-bond donors (Lipinski definition) is 2. The smallest absolute Gasteiger partial charge is 0.224 e. The zero-order chi connectivity index (χ0) is 13.0. The Morgan fingerprint density at radius 1 is 1.44 bits per heavy atom. The van der Waals surface area contributed by atoms with E-state index in [0.717, 1.165) is 18.5 Å². The van der Waals surface area contributed by atoms with Crippen molar-refractivity contribution in [1.82, 2.24) is 10.2 Å². The van der Waals surface area contributed by atoms with E-state index in [4.69, 9.17) is 0 Å². The summed E-state index contributed by atoms with van der Waals surface area (Å²) in [4.78, 5) is 13.7. The molecule has 98 valence electrons. The van der Waals surface area contributed by atoms with Gasteiger partial charge in [0.05, 0.1) is 0 Å². The zero-order valence-electron chi connectivity index (χ0n) is 10.7. The Kier molecular flexibility index (Phi) is 4.20. The molecule has 2 rings (SSSR count). The largest absolute Gasteiger partial charge is 0.508 e. The van der Waals surface area contributed by atoms with Gasteiger partial charge in [-0.15, -0.1) is 0 Å². The first-order valence-electron chi connectivity index (χ1n) is 6.40. The molecule has 1 aliphatic rings. The van der Waals surface area contributed by atoms with Crippen molar-refractivity contribution >= 4 is 5.91 Å². The number of hydrogen-bond acceptors (Lipinski definition) is 3. The maximum absolute atomic E-state index is 12.0. The number of aromatic hydroxyl groups is 1. The molecule has 0 aliphatic carbocycles. The van der Waals surface area contributed by atoms with E-state index in [9.17, 15) is 9.90 Å². The second-order valence-electron chi connectivity index (χ2n) is 4.91. The molecule has 4 heteroatoms. The zero-order valence-corrected chi connectivity index (χ0v) is 10.7. The standard InChI is InChI=1S/C14H20N2O2/c1-16(10-11-4-6-13(17)7-5-11)14(18)9-12-3-2-8-15-12/h4-7,12,15,17H,2-3,8-10H2,1H3. The van der Waals surface area contributed by atoms with Crippen LogP contribution in [0.3, 0.4) is 0 Å². The Morgan fingerprint density at radius 2 is 2.17 bits per heavy atom. The highest BCUT2D eigenvalue weighted by Crippen LogP contribution is 2.13. The minimum Gasteiger partial charge on any atom is -0.508 e. The summed E-state index contributed by atoms with van der Waals surface area (Å²) >= 11 is 0. The molecule has 4 nitrogen and oxygen atoms in total. The van der Waals surface area contributed by atoms with Crippen LogP contribution in [0, 0.1) is 0 Å². The van der Waals surface area contributed by atoms with E-state index in [2.05, 4.69) is 5.32 Å². The summed E-state index contributed by atoms with van der Waals surface area (Å²) in [6.07, 6.45) is 2.84. The van der Waals surface area contributed by atoms with Crippen molar-refractivity contribution in [2.75, 3.05) is 13.6 Å².